The summed E-state index contributed by atoms with van der Waals surface area (Å²) in [6.45, 7) is 3.39. The fraction of sp³-hybridized carbons (Fsp3) is 0.238. The molecule has 0 amide bonds. The first kappa shape index (κ1) is 16.2. The van der Waals surface area contributed by atoms with Gasteiger partial charge in [0.05, 0.1) is 6.04 Å². The van der Waals surface area contributed by atoms with Crippen molar-refractivity contribution < 1.29 is 8.78 Å². The summed E-state index contributed by atoms with van der Waals surface area (Å²) in [4.78, 5) is 2.26. The highest BCUT2D eigenvalue weighted by atomic mass is 19.1. The van der Waals surface area contributed by atoms with Crippen molar-refractivity contribution in [2.45, 2.75) is 6.04 Å². The second kappa shape index (κ2) is 6.90. The molecule has 1 heterocycles. The van der Waals surface area contributed by atoms with Crippen molar-refractivity contribution in [3.05, 3.63) is 83.4 Å². The molecule has 0 aliphatic carbocycles. The van der Waals surface area contributed by atoms with Crippen LogP contribution in [0.1, 0.15) is 17.2 Å². The van der Waals surface area contributed by atoms with Gasteiger partial charge >= 0.3 is 0 Å². The van der Waals surface area contributed by atoms with Crippen LogP contribution in [0.2, 0.25) is 0 Å². The zero-order valence-electron chi connectivity index (χ0n) is 13.9. The lowest BCUT2D eigenvalue weighted by atomic mass is 9.94. The van der Waals surface area contributed by atoms with Crippen LogP contribution < -0.4 is 5.32 Å². The summed E-state index contributed by atoms with van der Waals surface area (Å²) in [5.41, 5.74) is 1.56. The minimum atomic E-state index is -0.543. The Morgan fingerprint density at radius 2 is 1.60 bits per heavy atom. The number of rotatable bonds is 3. The number of benzene rings is 3. The van der Waals surface area contributed by atoms with Crippen LogP contribution in [0.25, 0.3) is 10.8 Å². The van der Waals surface area contributed by atoms with E-state index in [0.29, 0.717) is 5.56 Å². The minimum absolute atomic E-state index is 0.215. The third-order valence-electron chi connectivity index (χ3n) is 4.86. The number of hydrogen-bond donors (Lipinski definition) is 1. The Morgan fingerprint density at radius 3 is 2.36 bits per heavy atom. The predicted molar refractivity (Wildman–Crippen MR) is 96.6 cm³/mol. The molecule has 3 aromatic rings. The first-order valence-corrected chi connectivity index (χ1v) is 8.61. The summed E-state index contributed by atoms with van der Waals surface area (Å²) in [5.74, 6) is -1.03. The van der Waals surface area contributed by atoms with E-state index in [1.54, 1.807) is 6.07 Å². The lowest BCUT2D eigenvalue weighted by molar-refractivity contribution is 0.195. The molecule has 3 aromatic carbocycles. The van der Waals surface area contributed by atoms with Gasteiger partial charge in [-0.2, -0.15) is 0 Å². The quantitative estimate of drug-likeness (QED) is 0.773. The van der Waals surface area contributed by atoms with E-state index in [1.807, 2.05) is 12.1 Å². The number of hydrogen-bond acceptors (Lipinski definition) is 2. The molecule has 1 saturated heterocycles. The Hall–Kier alpha value is -2.30. The fourth-order valence-corrected chi connectivity index (χ4v) is 3.63. The van der Waals surface area contributed by atoms with Gasteiger partial charge < -0.3 is 5.32 Å². The molecular formula is C21H20F2N2. The van der Waals surface area contributed by atoms with E-state index in [1.165, 1.54) is 6.07 Å². The maximum absolute atomic E-state index is 14.6. The molecule has 128 valence electrons. The molecular weight excluding hydrogens is 318 g/mol. The molecule has 0 radical (unpaired) electrons. The second-order valence-corrected chi connectivity index (χ2v) is 6.46. The topological polar surface area (TPSA) is 15.3 Å². The molecule has 1 fully saturated rings. The smallest absolute Gasteiger partial charge is 0.131 e. The first-order valence-electron chi connectivity index (χ1n) is 8.61. The van der Waals surface area contributed by atoms with Gasteiger partial charge in [0.25, 0.3) is 0 Å². The minimum Gasteiger partial charge on any atom is -0.314 e. The van der Waals surface area contributed by atoms with E-state index in [9.17, 15) is 8.78 Å². The number of nitrogens with zero attached hydrogens (tertiary/aromatic N) is 1. The van der Waals surface area contributed by atoms with Crippen molar-refractivity contribution in [1.82, 2.24) is 10.2 Å². The third-order valence-corrected chi connectivity index (χ3v) is 4.86. The van der Waals surface area contributed by atoms with Crippen LogP contribution in [0.3, 0.4) is 0 Å². The van der Waals surface area contributed by atoms with Crippen molar-refractivity contribution in [3.8, 4) is 0 Å². The Labute approximate surface area is 146 Å². The average Bonchev–Trinajstić information content (AvgIpc) is 2.64. The lowest BCUT2D eigenvalue weighted by Gasteiger charge is -2.35. The summed E-state index contributed by atoms with van der Waals surface area (Å²) in [6, 6.07) is 18.1. The lowest BCUT2D eigenvalue weighted by Crippen LogP contribution is -2.45. The predicted octanol–water partition coefficient (Wildman–Crippen LogP) is 4.11. The number of halogens is 2. The second-order valence-electron chi connectivity index (χ2n) is 6.46. The van der Waals surface area contributed by atoms with Crippen molar-refractivity contribution >= 4 is 10.8 Å². The van der Waals surface area contributed by atoms with E-state index in [-0.39, 0.29) is 6.04 Å². The van der Waals surface area contributed by atoms with E-state index in [4.69, 9.17) is 0 Å². The van der Waals surface area contributed by atoms with Crippen LogP contribution in [-0.4, -0.2) is 31.1 Å². The molecule has 0 saturated carbocycles. The van der Waals surface area contributed by atoms with Crippen LogP contribution in [0.5, 0.6) is 0 Å². The monoisotopic (exact) mass is 338 g/mol. The van der Waals surface area contributed by atoms with Crippen LogP contribution in [0.4, 0.5) is 8.78 Å². The molecule has 2 nitrogen and oxygen atoms in total. The van der Waals surface area contributed by atoms with Crippen LogP contribution in [-0.2, 0) is 0 Å². The summed E-state index contributed by atoms with van der Waals surface area (Å²) in [7, 11) is 0. The molecule has 0 bridgehead atoms. The number of fused-ring (bicyclic) bond motifs is 1. The van der Waals surface area contributed by atoms with Crippen LogP contribution in [0, 0.1) is 11.6 Å². The highest BCUT2D eigenvalue weighted by Crippen LogP contribution is 2.32. The standard InChI is InChI=1S/C21H20F2N2/c22-18-7-8-19(20(23)14-18)21(25-11-9-24-10-12-25)17-6-5-15-3-1-2-4-16(15)13-17/h1-8,13-14,21,24H,9-12H2. The van der Waals surface area contributed by atoms with Crippen molar-refractivity contribution in [3.63, 3.8) is 0 Å². The zero-order valence-corrected chi connectivity index (χ0v) is 13.9. The van der Waals surface area contributed by atoms with Gasteiger partial charge in [0.1, 0.15) is 11.6 Å². The largest absolute Gasteiger partial charge is 0.314 e. The van der Waals surface area contributed by atoms with Crippen LogP contribution in [0.15, 0.2) is 60.7 Å². The van der Waals surface area contributed by atoms with Crippen molar-refractivity contribution in [2.75, 3.05) is 26.2 Å². The summed E-state index contributed by atoms with van der Waals surface area (Å²) >= 11 is 0. The third kappa shape index (κ3) is 3.28. The maximum Gasteiger partial charge on any atom is 0.131 e. The summed E-state index contributed by atoms with van der Waals surface area (Å²) in [6.07, 6.45) is 0. The first-order chi connectivity index (χ1) is 12.2. The molecule has 4 heteroatoms. The summed E-state index contributed by atoms with van der Waals surface area (Å²) < 4.78 is 28.0. The molecule has 25 heavy (non-hydrogen) atoms. The molecule has 4 rings (SSSR count). The van der Waals surface area contributed by atoms with Crippen molar-refractivity contribution in [2.24, 2.45) is 0 Å². The van der Waals surface area contributed by atoms with E-state index in [2.05, 4.69) is 40.5 Å². The van der Waals surface area contributed by atoms with Gasteiger partial charge in [-0.25, -0.2) is 8.78 Å². The number of piperazine rings is 1. The Morgan fingerprint density at radius 1 is 0.840 bits per heavy atom. The molecule has 1 aliphatic heterocycles. The van der Waals surface area contributed by atoms with Crippen LogP contribution >= 0.6 is 0 Å². The van der Waals surface area contributed by atoms with Gasteiger partial charge in [0, 0.05) is 37.8 Å². The van der Waals surface area contributed by atoms with E-state index >= 15 is 0 Å². The molecule has 1 aliphatic rings. The van der Waals surface area contributed by atoms with E-state index in [0.717, 1.165) is 48.6 Å². The zero-order chi connectivity index (χ0) is 17.2. The Kier molecular flexibility index (Phi) is 4.47. The van der Waals surface area contributed by atoms with Gasteiger partial charge in [-0.3, -0.25) is 4.90 Å². The fourth-order valence-electron chi connectivity index (χ4n) is 3.63. The number of nitrogens with one attached hydrogen (secondary N) is 1. The van der Waals surface area contributed by atoms with Crippen molar-refractivity contribution in [1.29, 1.82) is 0 Å². The van der Waals surface area contributed by atoms with Gasteiger partial charge in [0.15, 0.2) is 0 Å². The average molecular weight is 338 g/mol. The molecule has 1 atom stereocenters. The highest BCUT2D eigenvalue weighted by molar-refractivity contribution is 5.83. The molecule has 1 N–H and O–H groups in total. The maximum atomic E-state index is 14.6. The molecule has 0 aromatic heterocycles. The van der Waals surface area contributed by atoms with Gasteiger partial charge in [-0.05, 0) is 28.5 Å². The molecule has 1 unspecified atom stereocenters. The van der Waals surface area contributed by atoms with Gasteiger partial charge in [-0.1, -0.05) is 42.5 Å². The Balaban J connectivity index is 1.83. The highest BCUT2D eigenvalue weighted by Gasteiger charge is 2.26. The SMILES string of the molecule is Fc1ccc(C(c2ccc3ccccc3c2)N2CCNCC2)c(F)c1. The van der Waals surface area contributed by atoms with Gasteiger partial charge in [0.2, 0.25) is 0 Å². The molecule has 0 spiro atoms. The summed E-state index contributed by atoms with van der Waals surface area (Å²) in [5, 5.41) is 5.62. The van der Waals surface area contributed by atoms with E-state index < -0.39 is 11.6 Å². The Bertz CT molecular complexity index is 888. The van der Waals surface area contributed by atoms with Gasteiger partial charge in [-0.15, -0.1) is 0 Å². The normalized spacial score (nSPS) is 16.9.